The van der Waals surface area contributed by atoms with E-state index in [9.17, 15) is 18.0 Å². The van der Waals surface area contributed by atoms with Gasteiger partial charge in [-0.3, -0.25) is 13.9 Å². The molecule has 1 atom stereocenters. The van der Waals surface area contributed by atoms with E-state index in [0.29, 0.717) is 5.69 Å². The fourth-order valence-corrected chi connectivity index (χ4v) is 3.16. The number of nitrogens with one attached hydrogen (secondary N) is 1. The summed E-state index contributed by atoms with van der Waals surface area (Å²) >= 11 is 0. The van der Waals surface area contributed by atoms with Gasteiger partial charge in [-0.25, -0.2) is 13.2 Å². The Labute approximate surface area is 110 Å². The summed E-state index contributed by atoms with van der Waals surface area (Å²) in [6, 6.07) is 1.07. The van der Waals surface area contributed by atoms with Crippen LogP contribution in [0.2, 0.25) is 0 Å². The lowest BCUT2D eigenvalue weighted by molar-refractivity contribution is 0.568. The van der Waals surface area contributed by atoms with Crippen LogP contribution < -0.4 is 16.6 Å². The lowest BCUT2D eigenvalue weighted by atomic mass is 10.3. The summed E-state index contributed by atoms with van der Waals surface area (Å²) in [4.78, 5) is 23.2. The Morgan fingerprint density at radius 2 is 2.00 bits per heavy atom. The van der Waals surface area contributed by atoms with Gasteiger partial charge in [0.1, 0.15) is 0 Å². The van der Waals surface area contributed by atoms with Crippen molar-refractivity contribution in [1.29, 1.82) is 0 Å². The van der Waals surface area contributed by atoms with Crippen LogP contribution in [0.15, 0.2) is 27.1 Å². The number of nitrogens with zero attached hydrogens (tertiary/aromatic N) is 2. The Bertz CT molecular complexity index is 742. The van der Waals surface area contributed by atoms with Crippen molar-refractivity contribution in [2.24, 2.45) is 14.1 Å². The Kier molecular flexibility index (Phi) is 3.46. The van der Waals surface area contributed by atoms with Crippen molar-refractivity contribution in [1.82, 2.24) is 14.5 Å². The van der Waals surface area contributed by atoms with E-state index in [2.05, 4.69) is 5.32 Å². The van der Waals surface area contributed by atoms with E-state index in [1.54, 1.807) is 13.1 Å². The molecule has 19 heavy (non-hydrogen) atoms. The first-order chi connectivity index (χ1) is 8.80. The van der Waals surface area contributed by atoms with Crippen molar-refractivity contribution in [3.05, 3.63) is 44.1 Å². The molecule has 0 fully saturated rings. The van der Waals surface area contributed by atoms with Crippen LogP contribution in [-0.2, 0) is 30.5 Å². The van der Waals surface area contributed by atoms with E-state index in [1.165, 1.54) is 23.1 Å². The van der Waals surface area contributed by atoms with Gasteiger partial charge in [0.15, 0.2) is 9.84 Å². The van der Waals surface area contributed by atoms with E-state index < -0.39 is 15.5 Å². The fraction of sp³-hybridized carbons (Fsp3) is 0.455. The quantitative estimate of drug-likeness (QED) is 0.729. The molecule has 1 N–H and O–H groups in total. The van der Waals surface area contributed by atoms with Crippen LogP contribution in [0.1, 0.15) is 5.69 Å². The maximum atomic E-state index is 11.7. The Morgan fingerprint density at radius 3 is 2.58 bits per heavy atom. The lowest BCUT2D eigenvalue weighted by Crippen LogP contribution is -2.40. The van der Waals surface area contributed by atoms with E-state index in [1.807, 2.05) is 0 Å². The van der Waals surface area contributed by atoms with Crippen LogP contribution in [0.25, 0.3) is 0 Å². The molecule has 2 rings (SSSR count). The van der Waals surface area contributed by atoms with Gasteiger partial charge in [-0.15, -0.1) is 0 Å². The molecule has 0 saturated carbocycles. The molecule has 1 aliphatic rings. The van der Waals surface area contributed by atoms with Crippen LogP contribution in [-0.4, -0.2) is 29.3 Å². The minimum Gasteiger partial charge on any atom is -0.304 e. The molecule has 104 valence electrons. The summed E-state index contributed by atoms with van der Waals surface area (Å²) < 4.78 is 24.9. The molecule has 0 aromatic carbocycles. The van der Waals surface area contributed by atoms with Crippen molar-refractivity contribution < 1.29 is 8.42 Å². The largest absolute Gasteiger partial charge is 0.330 e. The Hall–Kier alpha value is -1.67. The van der Waals surface area contributed by atoms with Crippen molar-refractivity contribution in [3.63, 3.8) is 0 Å². The van der Waals surface area contributed by atoms with Gasteiger partial charge < -0.3 is 5.32 Å². The van der Waals surface area contributed by atoms with Gasteiger partial charge in [0, 0.05) is 43.9 Å². The second-order valence-electron chi connectivity index (χ2n) is 4.52. The molecule has 0 radical (unpaired) electrons. The van der Waals surface area contributed by atoms with E-state index in [4.69, 9.17) is 0 Å². The molecule has 1 unspecified atom stereocenters. The van der Waals surface area contributed by atoms with Crippen LogP contribution in [0.4, 0.5) is 0 Å². The highest BCUT2D eigenvalue weighted by Crippen LogP contribution is 2.08. The molecule has 1 aromatic heterocycles. The number of aromatic nitrogens is 2. The predicted molar refractivity (Wildman–Crippen MR) is 70.5 cm³/mol. The summed E-state index contributed by atoms with van der Waals surface area (Å²) in [5.74, 6) is 0.00574. The zero-order valence-electron chi connectivity index (χ0n) is 10.7. The first-order valence-corrected chi connectivity index (χ1v) is 7.42. The van der Waals surface area contributed by atoms with Gasteiger partial charge in [-0.1, -0.05) is 6.08 Å². The van der Waals surface area contributed by atoms with Crippen LogP contribution in [0, 0.1) is 0 Å². The topological polar surface area (TPSA) is 90.2 Å². The molecular weight excluding hydrogens is 270 g/mol. The van der Waals surface area contributed by atoms with Crippen molar-refractivity contribution in [2.75, 3.05) is 5.75 Å². The number of rotatable bonds is 3. The molecule has 0 amide bonds. The SMILES string of the molecule is Cn1c(CNC2C=CS(=O)(=O)C2)cc(=O)n(C)c1=O. The van der Waals surface area contributed by atoms with Gasteiger partial charge in [-0.2, -0.15) is 0 Å². The smallest absolute Gasteiger partial charge is 0.304 e. The van der Waals surface area contributed by atoms with Gasteiger partial charge in [-0.05, 0) is 0 Å². The first kappa shape index (κ1) is 13.8. The maximum absolute atomic E-state index is 11.7. The number of sulfone groups is 1. The minimum atomic E-state index is -3.11. The maximum Gasteiger partial charge on any atom is 0.330 e. The molecule has 8 heteroatoms. The van der Waals surface area contributed by atoms with Crippen LogP contribution in [0.5, 0.6) is 0 Å². The normalized spacial score (nSPS) is 20.8. The first-order valence-electron chi connectivity index (χ1n) is 5.70. The summed E-state index contributed by atoms with van der Waals surface area (Å²) in [5, 5.41) is 4.17. The highest BCUT2D eigenvalue weighted by Gasteiger charge is 2.21. The van der Waals surface area contributed by atoms with Crippen molar-refractivity contribution in [2.45, 2.75) is 12.6 Å². The highest BCUT2D eigenvalue weighted by molar-refractivity contribution is 7.94. The molecular formula is C11H15N3O4S. The van der Waals surface area contributed by atoms with Crippen LogP contribution in [0.3, 0.4) is 0 Å². The minimum absolute atomic E-state index is 0.00574. The molecule has 0 spiro atoms. The molecule has 1 aliphatic heterocycles. The fourth-order valence-electron chi connectivity index (χ4n) is 1.89. The average molecular weight is 285 g/mol. The Balaban J connectivity index is 2.16. The molecule has 0 saturated heterocycles. The number of hydrogen-bond acceptors (Lipinski definition) is 5. The monoisotopic (exact) mass is 285 g/mol. The standard InChI is InChI=1S/C11H15N3O4S/c1-13-9(5-10(15)14(2)11(13)16)6-12-8-3-4-19(17,18)7-8/h3-5,8,12H,6-7H2,1-2H3. The summed E-state index contributed by atoms with van der Waals surface area (Å²) in [6.45, 7) is 0.256. The van der Waals surface area contributed by atoms with Gasteiger partial charge in [0.2, 0.25) is 0 Å². The third-order valence-electron chi connectivity index (χ3n) is 3.10. The Morgan fingerprint density at radius 1 is 1.32 bits per heavy atom. The lowest BCUT2D eigenvalue weighted by Gasteiger charge is -2.13. The summed E-state index contributed by atoms with van der Waals surface area (Å²) in [6.07, 6.45) is 1.56. The molecule has 2 heterocycles. The molecule has 0 aliphatic carbocycles. The highest BCUT2D eigenvalue weighted by atomic mass is 32.2. The molecule has 7 nitrogen and oxygen atoms in total. The van der Waals surface area contributed by atoms with Gasteiger partial charge in [0.05, 0.1) is 5.75 Å². The van der Waals surface area contributed by atoms with Gasteiger partial charge >= 0.3 is 5.69 Å². The third kappa shape index (κ3) is 2.85. The van der Waals surface area contributed by atoms with E-state index >= 15 is 0 Å². The second-order valence-corrected chi connectivity index (χ2v) is 6.45. The van der Waals surface area contributed by atoms with Crippen LogP contribution >= 0.6 is 0 Å². The third-order valence-corrected chi connectivity index (χ3v) is 4.50. The van der Waals surface area contributed by atoms with E-state index in [0.717, 1.165) is 4.57 Å². The molecule has 1 aromatic rings. The zero-order valence-corrected chi connectivity index (χ0v) is 11.5. The second kappa shape index (κ2) is 4.78. The summed E-state index contributed by atoms with van der Waals surface area (Å²) in [5.41, 5.74) is -0.265. The number of hydrogen-bond donors (Lipinski definition) is 1. The van der Waals surface area contributed by atoms with E-state index in [-0.39, 0.29) is 23.9 Å². The molecule has 0 bridgehead atoms. The van der Waals surface area contributed by atoms with Crippen molar-refractivity contribution in [3.8, 4) is 0 Å². The summed E-state index contributed by atoms with van der Waals surface area (Å²) in [7, 11) is -0.130. The average Bonchev–Trinajstić information content (AvgIpc) is 2.69. The predicted octanol–water partition coefficient (Wildman–Crippen LogP) is -1.52. The van der Waals surface area contributed by atoms with Gasteiger partial charge in [0.25, 0.3) is 5.56 Å². The zero-order chi connectivity index (χ0) is 14.2. The van der Waals surface area contributed by atoms with Crippen molar-refractivity contribution >= 4 is 9.84 Å².